The van der Waals surface area contributed by atoms with E-state index in [-0.39, 0.29) is 24.0 Å². The first-order valence-electron chi connectivity index (χ1n) is 10.1. The van der Waals surface area contributed by atoms with E-state index < -0.39 is 0 Å². The van der Waals surface area contributed by atoms with E-state index >= 15 is 0 Å². The highest BCUT2D eigenvalue weighted by Crippen LogP contribution is 2.17. The summed E-state index contributed by atoms with van der Waals surface area (Å²) in [6, 6.07) is 12.3. The predicted octanol–water partition coefficient (Wildman–Crippen LogP) is 3.85. The van der Waals surface area contributed by atoms with E-state index in [1.807, 2.05) is 24.4 Å². The molecule has 160 valence electrons. The second kappa shape index (κ2) is 14.0. The summed E-state index contributed by atoms with van der Waals surface area (Å²) in [5.74, 6) is 2.75. The van der Waals surface area contributed by atoms with Gasteiger partial charge in [-0.3, -0.25) is 0 Å². The van der Waals surface area contributed by atoms with Crippen LogP contribution in [0.3, 0.4) is 0 Å². The van der Waals surface area contributed by atoms with Crippen LogP contribution in [0.25, 0.3) is 0 Å². The molecule has 0 saturated heterocycles. The van der Waals surface area contributed by atoms with Gasteiger partial charge in [0, 0.05) is 32.4 Å². The van der Waals surface area contributed by atoms with Crippen molar-refractivity contribution in [2.75, 3.05) is 38.2 Å². The molecule has 2 aromatic rings. The average molecular weight is 511 g/mol. The van der Waals surface area contributed by atoms with Gasteiger partial charge in [0.15, 0.2) is 5.96 Å². The SMILES string of the molecule is CCNC(=NCc1ccc(N(CC)CC)nc1)NCCc1ccccc1OC.I. The van der Waals surface area contributed by atoms with Crippen LogP contribution in [0.1, 0.15) is 31.9 Å². The molecule has 1 aromatic carbocycles. The summed E-state index contributed by atoms with van der Waals surface area (Å²) in [6.45, 7) is 10.5. The first-order valence-corrected chi connectivity index (χ1v) is 10.1. The summed E-state index contributed by atoms with van der Waals surface area (Å²) >= 11 is 0. The van der Waals surface area contributed by atoms with Crippen LogP contribution < -0.4 is 20.3 Å². The predicted molar refractivity (Wildman–Crippen MR) is 133 cm³/mol. The van der Waals surface area contributed by atoms with E-state index in [0.29, 0.717) is 6.54 Å². The number of nitrogens with zero attached hydrogens (tertiary/aromatic N) is 3. The molecule has 7 heteroatoms. The second-order valence-electron chi connectivity index (χ2n) is 6.38. The largest absolute Gasteiger partial charge is 0.496 e. The number of benzene rings is 1. The third-order valence-electron chi connectivity index (χ3n) is 4.54. The monoisotopic (exact) mass is 511 g/mol. The van der Waals surface area contributed by atoms with Crippen molar-refractivity contribution in [1.29, 1.82) is 0 Å². The molecule has 1 heterocycles. The lowest BCUT2D eigenvalue weighted by molar-refractivity contribution is 0.409. The Labute approximate surface area is 192 Å². The summed E-state index contributed by atoms with van der Waals surface area (Å²) in [5, 5.41) is 6.69. The Morgan fingerprint density at radius 1 is 1.07 bits per heavy atom. The van der Waals surface area contributed by atoms with Crippen LogP contribution in [0, 0.1) is 0 Å². The first-order chi connectivity index (χ1) is 13.7. The number of nitrogens with one attached hydrogen (secondary N) is 2. The number of rotatable bonds is 10. The van der Waals surface area contributed by atoms with Gasteiger partial charge in [0.2, 0.25) is 0 Å². The Hall–Kier alpha value is -2.03. The number of anilines is 1. The minimum atomic E-state index is 0. The highest BCUT2D eigenvalue weighted by Gasteiger charge is 2.04. The molecule has 0 aliphatic heterocycles. The number of pyridine rings is 1. The van der Waals surface area contributed by atoms with Crippen molar-refractivity contribution in [3.8, 4) is 5.75 Å². The fourth-order valence-electron chi connectivity index (χ4n) is 2.98. The number of guanidine groups is 1. The second-order valence-corrected chi connectivity index (χ2v) is 6.38. The molecule has 0 amide bonds. The van der Waals surface area contributed by atoms with Crippen LogP contribution in [-0.4, -0.2) is 44.2 Å². The standard InChI is InChI=1S/C22H33N5O.HI/c1-5-23-22(24-15-14-19-10-8-9-11-20(19)28-4)26-17-18-12-13-21(25-16-18)27(6-2)7-3;/h8-13,16H,5-7,14-15,17H2,1-4H3,(H2,23,24,26);1H. The fraction of sp³-hybridized carbons (Fsp3) is 0.455. The van der Waals surface area contributed by atoms with Crippen molar-refractivity contribution < 1.29 is 4.74 Å². The molecule has 0 unspecified atom stereocenters. The van der Waals surface area contributed by atoms with Crippen molar-refractivity contribution >= 4 is 35.8 Å². The summed E-state index contributed by atoms with van der Waals surface area (Å²) in [4.78, 5) is 11.5. The molecule has 29 heavy (non-hydrogen) atoms. The zero-order chi connectivity index (χ0) is 20.2. The summed E-state index contributed by atoms with van der Waals surface area (Å²) in [6.07, 6.45) is 2.78. The maximum atomic E-state index is 5.41. The molecule has 0 aliphatic rings. The zero-order valence-corrected chi connectivity index (χ0v) is 20.3. The maximum Gasteiger partial charge on any atom is 0.191 e. The summed E-state index contributed by atoms with van der Waals surface area (Å²) in [7, 11) is 1.71. The van der Waals surface area contributed by atoms with E-state index in [1.54, 1.807) is 7.11 Å². The Kier molecular flexibility index (Phi) is 12.1. The number of para-hydroxylation sites is 1. The normalized spacial score (nSPS) is 10.8. The molecule has 1 aromatic heterocycles. The molecule has 0 radical (unpaired) electrons. The molecule has 0 spiro atoms. The van der Waals surface area contributed by atoms with Gasteiger partial charge in [-0.2, -0.15) is 0 Å². The van der Waals surface area contributed by atoms with E-state index in [4.69, 9.17) is 4.74 Å². The smallest absolute Gasteiger partial charge is 0.191 e. The van der Waals surface area contributed by atoms with Crippen LogP contribution in [0.15, 0.2) is 47.6 Å². The third kappa shape index (κ3) is 8.08. The first kappa shape index (κ1) is 25.0. The molecule has 6 nitrogen and oxygen atoms in total. The quantitative estimate of drug-likeness (QED) is 0.288. The number of ether oxygens (including phenoxy) is 1. The van der Waals surface area contributed by atoms with Crippen LogP contribution in [0.5, 0.6) is 5.75 Å². The van der Waals surface area contributed by atoms with E-state index in [2.05, 4.69) is 64.5 Å². The van der Waals surface area contributed by atoms with Crippen LogP contribution in [-0.2, 0) is 13.0 Å². The Bertz CT molecular complexity index is 732. The number of methoxy groups -OCH3 is 1. The molecule has 0 saturated carbocycles. The third-order valence-corrected chi connectivity index (χ3v) is 4.54. The Morgan fingerprint density at radius 3 is 2.45 bits per heavy atom. The molecular weight excluding hydrogens is 477 g/mol. The molecule has 0 bridgehead atoms. The van der Waals surface area contributed by atoms with Gasteiger partial charge in [-0.25, -0.2) is 9.98 Å². The average Bonchev–Trinajstić information content (AvgIpc) is 2.74. The van der Waals surface area contributed by atoms with Crippen molar-refractivity contribution in [2.45, 2.75) is 33.7 Å². The van der Waals surface area contributed by atoms with Gasteiger partial charge >= 0.3 is 0 Å². The number of halogens is 1. The zero-order valence-electron chi connectivity index (χ0n) is 17.9. The van der Waals surface area contributed by atoms with Gasteiger partial charge in [-0.15, -0.1) is 24.0 Å². The highest BCUT2D eigenvalue weighted by atomic mass is 127. The van der Waals surface area contributed by atoms with Gasteiger partial charge in [0.1, 0.15) is 11.6 Å². The van der Waals surface area contributed by atoms with E-state index in [1.165, 1.54) is 5.56 Å². The van der Waals surface area contributed by atoms with Gasteiger partial charge in [-0.05, 0) is 50.5 Å². The van der Waals surface area contributed by atoms with Crippen molar-refractivity contribution in [3.63, 3.8) is 0 Å². The highest BCUT2D eigenvalue weighted by molar-refractivity contribution is 14.0. The lowest BCUT2D eigenvalue weighted by Gasteiger charge is -2.19. The van der Waals surface area contributed by atoms with Crippen LogP contribution >= 0.6 is 24.0 Å². The molecule has 2 N–H and O–H groups in total. The number of aliphatic imine (C=N–C) groups is 1. The van der Waals surface area contributed by atoms with Crippen molar-refractivity contribution in [3.05, 3.63) is 53.7 Å². The lowest BCUT2D eigenvalue weighted by atomic mass is 10.1. The van der Waals surface area contributed by atoms with Gasteiger partial charge < -0.3 is 20.3 Å². The van der Waals surface area contributed by atoms with E-state index in [0.717, 1.165) is 55.7 Å². The van der Waals surface area contributed by atoms with Gasteiger partial charge in [0.25, 0.3) is 0 Å². The summed E-state index contributed by atoms with van der Waals surface area (Å²) < 4.78 is 5.41. The van der Waals surface area contributed by atoms with Crippen LogP contribution in [0.4, 0.5) is 5.82 Å². The summed E-state index contributed by atoms with van der Waals surface area (Å²) in [5.41, 5.74) is 2.28. The number of hydrogen-bond acceptors (Lipinski definition) is 4. The van der Waals surface area contributed by atoms with E-state index in [9.17, 15) is 0 Å². The lowest BCUT2D eigenvalue weighted by Crippen LogP contribution is -2.38. The molecular formula is C22H34IN5O. The van der Waals surface area contributed by atoms with Crippen molar-refractivity contribution in [2.24, 2.45) is 4.99 Å². The minimum absolute atomic E-state index is 0. The number of aromatic nitrogens is 1. The van der Waals surface area contributed by atoms with Crippen molar-refractivity contribution in [1.82, 2.24) is 15.6 Å². The molecule has 0 fully saturated rings. The topological polar surface area (TPSA) is 61.8 Å². The minimum Gasteiger partial charge on any atom is -0.496 e. The molecule has 2 rings (SSSR count). The van der Waals surface area contributed by atoms with Gasteiger partial charge in [0.05, 0.1) is 13.7 Å². The maximum absolute atomic E-state index is 5.41. The van der Waals surface area contributed by atoms with Gasteiger partial charge in [-0.1, -0.05) is 24.3 Å². The molecule has 0 aliphatic carbocycles. The van der Waals surface area contributed by atoms with Crippen LogP contribution in [0.2, 0.25) is 0 Å². The number of hydrogen-bond donors (Lipinski definition) is 2. The Balaban J connectivity index is 0.00000420. The Morgan fingerprint density at radius 2 is 1.83 bits per heavy atom. The fourth-order valence-corrected chi connectivity index (χ4v) is 2.98. The molecule has 0 atom stereocenters.